The molecule has 0 amide bonds. The van der Waals surface area contributed by atoms with Crippen molar-refractivity contribution in [3.63, 3.8) is 0 Å². The first kappa shape index (κ1) is 15.0. The smallest absolute Gasteiger partial charge is 0.354 e. The lowest BCUT2D eigenvalue weighted by Gasteiger charge is -2.10. The fourth-order valence-electron chi connectivity index (χ4n) is 1.67. The maximum absolute atomic E-state index is 11.3. The first-order valence-corrected chi connectivity index (χ1v) is 6.79. The van der Waals surface area contributed by atoms with E-state index >= 15 is 0 Å². The number of nitrogens with one attached hydrogen (secondary N) is 2. The van der Waals surface area contributed by atoms with Crippen molar-refractivity contribution in [2.24, 2.45) is 0 Å². The zero-order valence-electron chi connectivity index (χ0n) is 10.5. The molecule has 0 saturated carbocycles. The number of anilines is 1. The Labute approximate surface area is 131 Å². The minimum absolute atomic E-state index is 0.387. The molecule has 1 aromatic carbocycles. The van der Waals surface area contributed by atoms with Crippen LogP contribution in [0.15, 0.2) is 24.3 Å². The van der Waals surface area contributed by atoms with E-state index in [4.69, 9.17) is 34.8 Å². The van der Waals surface area contributed by atoms with Gasteiger partial charge in [-0.15, -0.1) is 0 Å². The highest BCUT2D eigenvalue weighted by molar-refractivity contribution is 6.41. The normalized spacial score (nSPS) is 10.4. The van der Waals surface area contributed by atoms with Crippen LogP contribution in [0, 0.1) is 0 Å². The van der Waals surface area contributed by atoms with E-state index in [9.17, 15) is 4.79 Å². The molecule has 0 aliphatic carbocycles. The molecule has 0 spiro atoms. The van der Waals surface area contributed by atoms with Crippen molar-refractivity contribution in [2.45, 2.75) is 6.54 Å². The highest BCUT2D eigenvalue weighted by atomic mass is 35.5. The van der Waals surface area contributed by atoms with Crippen LogP contribution >= 0.6 is 34.8 Å². The van der Waals surface area contributed by atoms with Crippen LogP contribution in [-0.4, -0.2) is 18.1 Å². The molecule has 1 heterocycles. The predicted octanol–water partition coefficient (Wildman–Crippen LogP) is 4.37. The molecule has 4 nitrogen and oxygen atoms in total. The van der Waals surface area contributed by atoms with E-state index < -0.39 is 5.97 Å². The third-order valence-electron chi connectivity index (χ3n) is 2.61. The predicted molar refractivity (Wildman–Crippen MR) is 80.9 cm³/mol. The van der Waals surface area contributed by atoms with Crippen LogP contribution in [0.5, 0.6) is 0 Å². The highest BCUT2D eigenvalue weighted by Crippen LogP contribution is 2.33. The number of rotatable bonds is 4. The van der Waals surface area contributed by atoms with Crippen LogP contribution in [0.1, 0.15) is 16.2 Å². The molecule has 20 heavy (non-hydrogen) atoms. The molecule has 1 aromatic heterocycles. The molecule has 0 atom stereocenters. The van der Waals surface area contributed by atoms with Gasteiger partial charge in [-0.05, 0) is 24.3 Å². The summed E-state index contributed by atoms with van der Waals surface area (Å²) in [6.45, 7) is 0.429. The van der Waals surface area contributed by atoms with Gasteiger partial charge >= 0.3 is 5.97 Å². The standard InChI is InChI=1S/C13H11Cl3N2O2/c1-20-13(19)11-3-2-8(18-11)6-17-12-9(15)4-7(14)5-10(12)16/h2-5,17-18H,6H2,1H3. The molecule has 0 aliphatic rings. The first-order valence-electron chi connectivity index (χ1n) is 5.66. The quantitative estimate of drug-likeness (QED) is 0.817. The molecule has 7 heteroatoms. The van der Waals surface area contributed by atoms with Crippen molar-refractivity contribution < 1.29 is 9.53 Å². The molecule has 0 unspecified atom stereocenters. The zero-order chi connectivity index (χ0) is 14.7. The number of carbonyl (C=O) groups excluding carboxylic acids is 1. The maximum Gasteiger partial charge on any atom is 0.354 e. The number of H-pyrrole nitrogens is 1. The second-order valence-electron chi connectivity index (χ2n) is 3.99. The number of aromatic amines is 1. The van der Waals surface area contributed by atoms with Gasteiger partial charge in [0, 0.05) is 10.7 Å². The second kappa shape index (κ2) is 6.39. The summed E-state index contributed by atoms with van der Waals surface area (Å²) in [5.74, 6) is -0.418. The molecule has 2 aromatic rings. The fraction of sp³-hybridized carbons (Fsp3) is 0.154. The minimum atomic E-state index is -0.418. The van der Waals surface area contributed by atoms with E-state index in [0.29, 0.717) is 33.0 Å². The SMILES string of the molecule is COC(=O)c1ccc(CNc2c(Cl)cc(Cl)cc2Cl)[nH]1. The molecule has 0 fully saturated rings. The Balaban J connectivity index is 2.09. The summed E-state index contributed by atoms with van der Waals surface area (Å²) in [5, 5.41) is 4.43. The highest BCUT2D eigenvalue weighted by Gasteiger charge is 2.10. The largest absolute Gasteiger partial charge is 0.464 e. The van der Waals surface area contributed by atoms with E-state index in [0.717, 1.165) is 5.69 Å². The van der Waals surface area contributed by atoms with Gasteiger partial charge in [0.1, 0.15) is 5.69 Å². The summed E-state index contributed by atoms with van der Waals surface area (Å²) >= 11 is 18.0. The summed E-state index contributed by atoms with van der Waals surface area (Å²) in [6.07, 6.45) is 0. The lowest BCUT2D eigenvalue weighted by atomic mass is 10.3. The summed E-state index contributed by atoms with van der Waals surface area (Å²) in [6, 6.07) is 6.63. The van der Waals surface area contributed by atoms with Crippen molar-refractivity contribution in [3.8, 4) is 0 Å². The van der Waals surface area contributed by atoms with Crippen molar-refractivity contribution in [1.82, 2.24) is 4.98 Å². The van der Waals surface area contributed by atoms with Crippen LogP contribution in [-0.2, 0) is 11.3 Å². The van der Waals surface area contributed by atoms with Crippen molar-refractivity contribution >= 4 is 46.5 Å². The Hall–Kier alpha value is -1.36. The lowest BCUT2D eigenvalue weighted by Crippen LogP contribution is -2.04. The molecule has 0 bridgehead atoms. The summed E-state index contributed by atoms with van der Waals surface area (Å²) in [5.41, 5.74) is 1.78. The Bertz CT molecular complexity index is 617. The van der Waals surface area contributed by atoms with Gasteiger partial charge in [-0.25, -0.2) is 4.79 Å². The van der Waals surface area contributed by atoms with Crippen molar-refractivity contribution in [3.05, 3.63) is 50.7 Å². The van der Waals surface area contributed by atoms with Gasteiger partial charge in [-0.2, -0.15) is 0 Å². The van der Waals surface area contributed by atoms with Crippen molar-refractivity contribution in [2.75, 3.05) is 12.4 Å². The Morgan fingerprint density at radius 2 is 1.90 bits per heavy atom. The third kappa shape index (κ3) is 3.39. The Morgan fingerprint density at radius 1 is 1.25 bits per heavy atom. The van der Waals surface area contributed by atoms with Crippen LogP contribution in [0.25, 0.3) is 0 Å². The number of hydrogen-bond acceptors (Lipinski definition) is 3. The molecule has 0 radical (unpaired) electrons. The zero-order valence-corrected chi connectivity index (χ0v) is 12.7. The number of halogens is 3. The van der Waals surface area contributed by atoms with Gasteiger partial charge in [0.25, 0.3) is 0 Å². The monoisotopic (exact) mass is 332 g/mol. The molecule has 0 saturated heterocycles. The van der Waals surface area contributed by atoms with Gasteiger partial charge in [0.05, 0.1) is 29.4 Å². The average Bonchev–Trinajstić information content (AvgIpc) is 2.85. The molecular weight excluding hydrogens is 323 g/mol. The van der Waals surface area contributed by atoms with Gasteiger partial charge < -0.3 is 15.0 Å². The van der Waals surface area contributed by atoms with Gasteiger partial charge in [0.2, 0.25) is 0 Å². The molecular formula is C13H11Cl3N2O2. The summed E-state index contributed by atoms with van der Waals surface area (Å²) < 4.78 is 4.62. The van der Waals surface area contributed by atoms with Gasteiger partial charge in [-0.3, -0.25) is 0 Å². The molecule has 2 rings (SSSR count). The third-order valence-corrected chi connectivity index (χ3v) is 3.43. The van der Waals surface area contributed by atoms with E-state index in [-0.39, 0.29) is 0 Å². The number of benzene rings is 1. The topological polar surface area (TPSA) is 54.1 Å². The number of hydrogen-bond donors (Lipinski definition) is 2. The van der Waals surface area contributed by atoms with Gasteiger partial charge in [0.15, 0.2) is 0 Å². The van der Waals surface area contributed by atoms with E-state index in [1.165, 1.54) is 7.11 Å². The first-order chi connectivity index (χ1) is 9.51. The number of methoxy groups -OCH3 is 1. The van der Waals surface area contributed by atoms with Gasteiger partial charge in [-0.1, -0.05) is 34.8 Å². The number of carbonyl (C=O) groups is 1. The number of aromatic nitrogens is 1. The van der Waals surface area contributed by atoms with E-state index in [1.54, 1.807) is 24.3 Å². The molecule has 2 N–H and O–H groups in total. The lowest BCUT2D eigenvalue weighted by molar-refractivity contribution is 0.0594. The maximum atomic E-state index is 11.3. The summed E-state index contributed by atoms with van der Waals surface area (Å²) in [4.78, 5) is 14.3. The van der Waals surface area contributed by atoms with Crippen molar-refractivity contribution in [1.29, 1.82) is 0 Å². The Morgan fingerprint density at radius 3 is 2.50 bits per heavy atom. The average molecular weight is 334 g/mol. The Kier molecular flexibility index (Phi) is 4.81. The molecule has 106 valence electrons. The number of esters is 1. The number of ether oxygens (including phenoxy) is 1. The van der Waals surface area contributed by atoms with E-state index in [1.807, 2.05) is 0 Å². The molecule has 0 aliphatic heterocycles. The van der Waals surface area contributed by atoms with Crippen LogP contribution in [0.3, 0.4) is 0 Å². The minimum Gasteiger partial charge on any atom is -0.464 e. The van der Waals surface area contributed by atoms with Crippen LogP contribution in [0.2, 0.25) is 15.1 Å². The fourth-order valence-corrected chi connectivity index (χ4v) is 2.62. The van der Waals surface area contributed by atoms with Crippen LogP contribution in [0.4, 0.5) is 5.69 Å². The van der Waals surface area contributed by atoms with E-state index in [2.05, 4.69) is 15.0 Å². The van der Waals surface area contributed by atoms with Crippen LogP contribution < -0.4 is 5.32 Å². The second-order valence-corrected chi connectivity index (χ2v) is 5.24. The summed E-state index contributed by atoms with van der Waals surface area (Å²) in [7, 11) is 1.33.